The SMILES string of the molecule is CC(C)(C)OC(=O)N1CCC(NC(=O)Nc2ccc(C(F)(F)F)cc2)CC1.O=C(Nc1ccc(C(F)(F)F)cc1)NC1CCNCC1. The number of alkyl halides is 6. The summed E-state index contributed by atoms with van der Waals surface area (Å²) in [5.41, 5.74) is -1.46. The molecule has 2 aliphatic rings. The smallest absolute Gasteiger partial charge is 0.416 e. The molecular formula is C31H40F6N6O4. The fraction of sp³-hybridized carbons (Fsp3) is 0.516. The molecule has 0 saturated carbocycles. The third kappa shape index (κ3) is 13.2. The summed E-state index contributed by atoms with van der Waals surface area (Å²) in [5.74, 6) is 0. The van der Waals surface area contributed by atoms with E-state index in [4.69, 9.17) is 4.74 Å². The molecule has 0 atom stereocenters. The first-order chi connectivity index (χ1) is 21.9. The topological polar surface area (TPSA) is 124 Å². The Morgan fingerprint density at radius 2 is 1.06 bits per heavy atom. The van der Waals surface area contributed by atoms with Crippen LogP contribution in [0.2, 0.25) is 0 Å². The number of piperidine rings is 2. The molecule has 4 rings (SSSR count). The Bertz CT molecular complexity index is 1320. The van der Waals surface area contributed by atoms with Crippen LogP contribution >= 0.6 is 0 Å². The second-order valence-corrected chi connectivity index (χ2v) is 12.1. The van der Waals surface area contributed by atoms with Gasteiger partial charge in [-0.3, -0.25) is 0 Å². The zero-order valence-electron chi connectivity index (χ0n) is 26.3. The van der Waals surface area contributed by atoms with Gasteiger partial charge in [0, 0.05) is 36.5 Å². The summed E-state index contributed by atoms with van der Waals surface area (Å²) >= 11 is 0. The van der Waals surface area contributed by atoms with E-state index in [0.29, 0.717) is 31.6 Å². The standard InChI is InChI=1S/C18H24F3N3O3.C13H16F3N3O/c1-17(2,3)27-16(26)24-10-8-14(9-11-24)23-15(25)22-13-6-4-12(5-7-13)18(19,20)21;14-13(15,16)9-1-3-10(4-2-9)18-12(20)19-11-5-7-17-8-6-11/h4-7,14H,8-11H2,1-3H3,(H2,22,23,25);1-4,11,17H,5-8H2,(H2,18,19,20). The highest BCUT2D eigenvalue weighted by Gasteiger charge is 2.31. The van der Waals surface area contributed by atoms with E-state index in [9.17, 15) is 40.7 Å². The summed E-state index contributed by atoms with van der Waals surface area (Å²) < 4.78 is 80.1. The number of benzene rings is 2. The molecular weight excluding hydrogens is 634 g/mol. The molecule has 0 radical (unpaired) electrons. The van der Waals surface area contributed by atoms with Crippen LogP contribution in [0.4, 0.5) is 52.1 Å². The molecule has 0 spiro atoms. The first kappa shape index (κ1) is 37.2. The lowest BCUT2D eigenvalue weighted by Gasteiger charge is -2.33. The fourth-order valence-electron chi connectivity index (χ4n) is 4.69. The number of hydrogen-bond donors (Lipinski definition) is 5. The predicted molar refractivity (Wildman–Crippen MR) is 164 cm³/mol. The molecule has 0 bridgehead atoms. The van der Waals surface area contributed by atoms with Crippen molar-refractivity contribution in [2.24, 2.45) is 0 Å². The van der Waals surface area contributed by atoms with E-state index in [2.05, 4.69) is 26.6 Å². The fourth-order valence-corrected chi connectivity index (χ4v) is 4.69. The predicted octanol–water partition coefficient (Wildman–Crippen LogP) is 6.81. The highest BCUT2D eigenvalue weighted by atomic mass is 19.4. The Morgan fingerprint density at radius 3 is 1.43 bits per heavy atom. The van der Waals surface area contributed by atoms with Gasteiger partial charge in [-0.2, -0.15) is 26.3 Å². The van der Waals surface area contributed by atoms with Crippen molar-refractivity contribution in [3.8, 4) is 0 Å². The minimum absolute atomic E-state index is 0.102. The van der Waals surface area contributed by atoms with E-state index < -0.39 is 41.1 Å². The van der Waals surface area contributed by atoms with Crippen molar-refractivity contribution in [3.05, 3.63) is 59.7 Å². The van der Waals surface area contributed by atoms with Gasteiger partial charge in [0.1, 0.15) is 5.60 Å². The molecule has 16 heteroatoms. The molecule has 2 fully saturated rings. The largest absolute Gasteiger partial charge is 0.444 e. The molecule has 260 valence electrons. The van der Waals surface area contributed by atoms with Crippen LogP contribution in [0.25, 0.3) is 0 Å². The maximum Gasteiger partial charge on any atom is 0.416 e. The number of halogens is 6. The summed E-state index contributed by atoms with van der Waals surface area (Å²) in [7, 11) is 0. The maximum absolute atomic E-state index is 12.5. The molecule has 0 aliphatic carbocycles. The number of hydrogen-bond acceptors (Lipinski definition) is 5. The summed E-state index contributed by atoms with van der Waals surface area (Å²) in [6, 6.07) is 7.69. The number of ether oxygens (including phenoxy) is 1. The number of urea groups is 2. The van der Waals surface area contributed by atoms with Crippen LogP contribution in [0.1, 0.15) is 57.6 Å². The first-order valence-electron chi connectivity index (χ1n) is 15.1. The molecule has 47 heavy (non-hydrogen) atoms. The number of amides is 5. The monoisotopic (exact) mass is 674 g/mol. The van der Waals surface area contributed by atoms with Crippen LogP contribution < -0.4 is 26.6 Å². The van der Waals surface area contributed by atoms with E-state index in [1.54, 1.807) is 25.7 Å². The van der Waals surface area contributed by atoms with Crippen molar-refractivity contribution in [2.45, 2.75) is 76.5 Å². The van der Waals surface area contributed by atoms with E-state index in [0.717, 1.165) is 50.2 Å². The van der Waals surface area contributed by atoms with Crippen molar-refractivity contribution in [2.75, 3.05) is 36.8 Å². The summed E-state index contributed by atoms with van der Waals surface area (Å²) in [6.07, 6.45) is -6.32. The molecule has 5 amide bonds. The van der Waals surface area contributed by atoms with Gasteiger partial charge in [0.05, 0.1) is 11.1 Å². The van der Waals surface area contributed by atoms with Crippen LogP contribution in [-0.2, 0) is 17.1 Å². The normalized spacial score (nSPS) is 16.3. The second kappa shape index (κ2) is 16.1. The maximum atomic E-state index is 12.5. The second-order valence-electron chi connectivity index (χ2n) is 12.1. The van der Waals surface area contributed by atoms with Gasteiger partial charge in [-0.05, 0) is 108 Å². The van der Waals surface area contributed by atoms with Gasteiger partial charge >= 0.3 is 30.5 Å². The van der Waals surface area contributed by atoms with Crippen LogP contribution in [0, 0.1) is 0 Å². The molecule has 10 nitrogen and oxygen atoms in total. The van der Waals surface area contributed by atoms with Crippen LogP contribution in [0.5, 0.6) is 0 Å². The number of carbonyl (C=O) groups is 3. The van der Waals surface area contributed by atoms with E-state index in [1.807, 2.05) is 0 Å². The number of anilines is 2. The molecule has 0 aromatic heterocycles. The molecule has 2 saturated heterocycles. The van der Waals surface area contributed by atoms with Crippen LogP contribution in [-0.4, -0.2) is 66.9 Å². The van der Waals surface area contributed by atoms with Gasteiger partial charge in [-0.25, -0.2) is 14.4 Å². The van der Waals surface area contributed by atoms with E-state index in [1.165, 1.54) is 24.3 Å². The molecule has 2 heterocycles. The minimum atomic E-state index is -4.41. The van der Waals surface area contributed by atoms with Gasteiger partial charge < -0.3 is 36.2 Å². The highest BCUT2D eigenvalue weighted by Crippen LogP contribution is 2.30. The van der Waals surface area contributed by atoms with Gasteiger partial charge in [-0.1, -0.05) is 0 Å². The van der Waals surface area contributed by atoms with E-state index in [-0.39, 0.29) is 23.9 Å². The summed E-state index contributed by atoms with van der Waals surface area (Å²) in [6.45, 7) is 8.01. The van der Waals surface area contributed by atoms with Crippen molar-refractivity contribution >= 4 is 29.5 Å². The lowest BCUT2D eigenvalue weighted by Crippen LogP contribution is -2.48. The molecule has 5 N–H and O–H groups in total. The minimum Gasteiger partial charge on any atom is -0.444 e. The lowest BCUT2D eigenvalue weighted by molar-refractivity contribution is -0.138. The van der Waals surface area contributed by atoms with Gasteiger partial charge in [0.15, 0.2) is 0 Å². The number of nitrogens with zero attached hydrogens (tertiary/aromatic N) is 1. The zero-order valence-corrected chi connectivity index (χ0v) is 26.3. The van der Waals surface area contributed by atoms with Gasteiger partial charge in [0.2, 0.25) is 0 Å². The number of rotatable bonds is 4. The number of nitrogens with one attached hydrogen (secondary N) is 5. The third-order valence-corrected chi connectivity index (χ3v) is 7.10. The summed E-state index contributed by atoms with van der Waals surface area (Å²) in [4.78, 5) is 37.3. The summed E-state index contributed by atoms with van der Waals surface area (Å²) in [5, 5.41) is 13.8. The Hall–Kier alpha value is -4.21. The number of carbonyl (C=O) groups excluding carboxylic acids is 3. The van der Waals surface area contributed by atoms with Gasteiger partial charge in [-0.15, -0.1) is 0 Å². The van der Waals surface area contributed by atoms with Crippen molar-refractivity contribution in [3.63, 3.8) is 0 Å². The Kier molecular flexibility index (Phi) is 12.7. The first-order valence-corrected chi connectivity index (χ1v) is 15.1. The average Bonchev–Trinajstić information content (AvgIpc) is 2.97. The van der Waals surface area contributed by atoms with E-state index >= 15 is 0 Å². The number of likely N-dealkylation sites (tertiary alicyclic amines) is 1. The van der Waals surface area contributed by atoms with Crippen molar-refractivity contribution in [1.82, 2.24) is 20.9 Å². The third-order valence-electron chi connectivity index (χ3n) is 7.10. The molecule has 2 aliphatic heterocycles. The Labute approximate surface area is 269 Å². The van der Waals surface area contributed by atoms with Crippen LogP contribution in [0.3, 0.4) is 0 Å². The Morgan fingerprint density at radius 1 is 0.681 bits per heavy atom. The molecule has 2 aromatic carbocycles. The highest BCUT2D eigenvalue weighted by molar-refractivity contribution is 5.90. The molecule has 2 aromatic rings. The average molecular weight is 675 g/mol. The Balaban J connectivity index is 0.000000267. The molecule has 0 unspecified atom stereocenters. The van der Waals surface area contributed by atoms with Crippen LogP contribution in [0.15, 0.2) is 48.5 Å². The quantitative estimate of drug-likeness (QED) is 0.228. The van der Waals surface area contributed by atoms with Crippen molar-refractivity contribution < 1.29 is 45.5 Å². The van der Waals surface area contributed by atoms with Crippen molar-refractivity contribution in [1.29, 1.82) is 0 Å². The lowest BCUT2D eigenvalue weighted by atomic mass is 10.1. The zero-order chi connectivity index (χ0) is 34.8. The van der Waals surface area contributed by atoms with Gasteiger partial charge in [0.25, 0.3) is 0 Å².